The summed E-state index contributed by atoms with van der Waals surface area (Å²) in [5.41, 5.74) is 3.20. The highest BCUT2D eigenvalue weighted by Crippen LogP contribution is 2.53. The molecule has 55 heavy (non-hydrogen) atoms. The van der Waals surface area contributed by atoms with Crippen LogP contribution in [0.5, 0.6) is 0 Å². The highest BCUT2D eigenvalue weighted by molar-refractivity contribution is 8.00. The largest absolute Gasteiger partial charge is 0.368 e. The van der Waals surface area contributed by atoms with Crippen molar-refractivity contribution >= 4 is 47.7 Å². The highest BCUT2D eigenvalue weighted by Gasteiger charge is 2.77. The Balaban J connectivity index is 0.946. The molecule has 16 heteroatoms. The molecule has 0 saturated carbocycles. The summed E-state index contributed by atoms with van der Waals surface area (Å²) in [6.07, 6.45) is 17.7. The van der Waals surface area contributed by atoms with E-state index >= 15 is 0 Å². The van der Waals surface area contributed by atoms with Gasteiger partial charge in [0.1, 0.15) is 12.4 Å². The smallest absolute Gasteiger partial charge is 0.315 e. The number of urea groups is 1. The zero-order chi connectivity index (χ0) is 39.5. The van der Waals surface area contributed by atoms with E-state index in [0.29, 0.717) is 63.4 Å². The van der Waals surface area contributed by atoms with E-state index in [-0.39, 0.29) is 47.7 Å². The van der Waals surface area contributed by atoms with E-state index in [9.17, 15) is 33.9 Å². The van der Waals surface area contributed by atoms with Gasteiger partial charge in [-0.25, -0.2) is 10.2 Å². The summed E-state index contributed by atoms with van der Waals surface area (Å²) in [5.74, 6) is 0.329. The molecular formula is C39H67N7O8S. The van der Waals surface area contributed by atoms with Gasteiger partial charge < -0.3 is 41.2 Å². The standard InChI is InChI=1S/C39H67N7O8S/c1-38(53)35-39(54-35,36(51)45-38)28(18-10-6-4-2-3-5-7-17-25-47)26-41-32(49)20-11-9-16-24-42-46-33(50)22-12-8-15-23-40-31(48)21-14-13-19-30-34-29(27-55-30)43-37(52)44-34/h25,28-30,34-35,42,53H,2-24,26-27H2,1H3,(H,40,48)(H,41,49)(H,45,51)(H,46,50)(H2,43,44,52)/t28?,29-,30-,34-,35-,38?,39-/m0/s1. The molecule has 0 spiro atoms. The van der Waals surface area contributed by atoms with Crippen molar-refractivity contribution in [2.24, 2.45) is 5.92 Å². The number of morpholine rings is 1. The van der Waals surface area contributed by atoms with Gasteiger partial charge in [-0.3, -0.25) is 24.6 Å². The summed E-state index contributed by atoms with van der Waals surface area (Å²) in [4.78, 5) is 71.8. The number of aldehydes is 1. The lowest BCUT2D eigenvalue weighted by molar-refractivity contribution is -0.134. The van der Waals surface area contributed by atoms with Crippen molar-refractivity contribution < 1.29 is 38.6 Å². The van der Waals surface area contributed by atoms with Crippen LogP contribution in [0.2, 0.25) is 0 Å². The number of hydrazine groups is 1. The second-order valence-corrected chi connectivity index (χ2v) is 17.2. The van der Waals surface area contributed by atoms with Crippen LogP contribution in [-0.4, -0.2) is 101 Å². The van der Waals surface area contributed by atoms with Crippen LogP contribution in [-0.2, 0) is 28.7 Å². The van der Waals surface area contributed by atoms with Crippen LogP contribution >= 0.6 is 11.8 Å². The lowest BCUT2D eigenvalue weighted by Crippen LogP contribution is -2.46. The molecule has 4 heterocycles. The van der Waals surface area contributed by atoms with Gasteiger partial charge in [-0.05, 0) is 58.3 Å². The second-order valence-electron chi connectivity index (χ2n) is 15.9. The molecule has 15 nitrogen and oxygen atoms in total. The number of amides is 6. The fraction of sp³-hybridized carbons (Fsp3) is 0.846. The molecule has 4 aliphatic rings. The third kappa shape index (κ3) is 14.5. The number of epoxide rings is 1. The average Bonchev–Trinajstić information content (AvgIpc) is 3.61. The molecule has 2 unspecified atom stereocenters. The predicted molar refractivity (Wildman–Crippen MR) is 211 cm³/mol. The molecule has 0 aromatic carbocycles. The van der Waals surface area contributed by atoms with Gasteiger partial charge in [-0.1, -0.05) is 57.8 Å². The van der Waals surface area contributed by atoms with E-state index < -0.39 is 17.4 Å². The van der Waals surface area contributed by atoms with Crippen molar-refractivity contribution in [3.63, 3.8) is 0 Å². The molecule has 4 rings (SSSR count). The molecule has 312 valence electrons. The maximum Gasteiger partial charge on any atom is 0.315 e. The predicted octanol–water partition coefficient (Wildman–Crippen LogP) is 2.99. The molecule has 0 bridgehead atoms. The molecule has 8 N–H and O–H groups in total. The minimum absolute atomic E-state index is 0.0638. The maximum atomic E-state index is 12.8. The monoisotopic (exact) mass is 793 g/mol. The number of nitrogens with one attached hydrogen (secondary N) is 7. The Labute approximate surface area is 330 Å². The van der Waals surface area contributed by atoms with Crippen LogP contribution in [0.4, 0.5) is 4.79 Å². The number of thioether (sulfide) groups is 1. The van der Waals surface area contributed by atoms with Crippen LogP contribution in [0.15, 0.2) is 0 Å². The third-order valence-electron chi connectivity index (χ3n) is 11.3. The summed E-state index contributed by atoms with van der Waals surface area (Å²) >= 11 is 1.89. The number of hydrogen-bond donors (Lipinski definition) is 8. The SMILES string of the molecule is CC1(O)NC(=O)[C@@]2(C(CCCCCCCCCC=O)CNC(=O)CCCCCNNC(=O)CCCCCNC(=O)CCCC[C@@H]3SC[C@@H]4NC(=O)N[C@@H]43)O[C@@H]12. The molecule has 7 atom stereocenters. The molecule has 0 aromatic rings. The quantitative estimate of drug-likeness (QED) is 0.0169. The number of unbranched alkanes of at least 4 members (excludes halogenated alkanes) is 12. The minimum atomic E-state index is -1.41. The van der Waals surface area contributed by atoms with E-state index in [1.807, 2.05) is 11.8 Å². The zero-order valence-electron chi connectivity index (χ0n) is 32.9. The molecule has 0 aliphatic carbocycles. The van der Waals surface area contributed by atoms with Crippen LogP contribution in [0.3, 0.4) is 0 Å². The number of hydrogen-bond acceptors (Lipinski definition) is 10. The fourth-order valence-corrected chi connectivity index (χ4v) is 9.67. The first-order valence-electron chi connectivity index (χ1n) is 21.0. The lowest BCUT2D eigenvalue weighted by atomic mass is 9.84. The van der Waals surface area contributed by atoms with E-state index in [1.165, 1.54) is 0 Å². The summed E-state index contributed by atoms with van der Waals surface area (Å²) in [6.45, 7) is 3.07. The van der Waals surface area contributed by atoms with Crippen LogP contribution in [0.1, 0.15) is 142 Å². The maximum absolute atomic E-state index is 12.8. The number of carbonyl (C=O) groups is 6. The van der Waals surface area contributed by atoms with Crippen molar-refractivity contribution in [2.75, 3.05) is 25.4 Å². The number of fused-ring (bicyclic) bond motifs is 2. The number of aliphatic hydroxyl groups is 1. The summed E-state index contributed by atoms with van der Waals surface area (Å²) in [7, 11) is 0. The number of rotatable bonds is 31. The summed E-state index contributed by atoms with van der Waals surface area (Å²) in [6, 6.07) is 0.370. The van der Waals surface area contributed by atoms with Crippen molar-refractivity contribution in [1.29, 1.82) is 0 Å². The number of carbonyl (C=O) groups excluding carboxylic acids is 6. The third-order valence-corrected chi connectivity index (χ3v) is 12.8. The minimum Gasteiger partial charge on any atom is -0.368 e. The molecule has 4 saturated heterocycles. The number of ether oxygens (including phenoxy) is 1. The Kier molecular flexibility index (Phi) is 19.0. The Morgan fingerprint density at radius 2 is 1.47 bits per heavy atom. The Hall–Kier alpha value is -2.95. The lowest BCUT2D eigenvalue weighted by Gasteiger charge is -2.22. The van der Waals surface area contributed by atoms with E-state index in [4.69, 9.17) is 4.74 Å². The van der Waals surface area contributed by atoms with Crippen molar-refractivity contribution in [2.45, 2.75) is 177 Å². The van der Waals surface area contributed by atoms with Gasteiger partial charge in [0.05, 0.1) is 12.1 Å². The first-order valence-corrected chi connectivity index (χ1v) is 22.0. The topological polar surface area (TPSA) is 219 Å². The van der Waals surface area contributed by atoms with Gasteiger partial charge in [0.15, 0.2) is 11.3 Å². The Morgan fingerprint density at radius 1 is 0.836 bits per heavy atom. The van der Waals surface area contributed by atoms with Gasteiger partial charge in [0, 0.05) is 62.2 Å². The molecule has 0 aromatic heterocycles. The first-order chi connectivity index (χ1) is 26.6. The van der Waals surface area contributed by atoms with Gasteiger partial charge in [-0.2, -0.15) is 11.8 Å². The van der Waals surface area contributed by atoms with E-state index in [2.05, 4.69) is 37.4 Å². The van der Waals surface area contributed by atoms with E-state index in [1.54, 1.807) is 6.92 Å². The van der Waals surface area contributed by atoms with E-state index in [0.717, 1.165) is 108 Å². The van der Waals surface area contributed by atoms with Crippen molar-refractivity contribution in [3.8, 4) is 0 Å². The summed E-state index contributed by atoms with van der Waals surface area (Å²) in [5, 5.41) is 25.6. The molecule has 4 aliphatic heterocycles. The Bertz CT molecular complexity index is 1270. The average molecular weight is 794 g/mol. The van der Waals surface area contributed by atoms with Gasteiger partial charge in [0.2, 0.25) is 17.7 Å². The molecule has 4 fully saturated rings. The second kappa shape index (κ2) is 23.3. The van der Waals surface area contributed by atoms with Crippen LogP contribution in [0, 0.1) is 5.92 Å². The molecular weight excluding hydrogens is 727 g/mol. The van der Waals surface area contributed by atoms with Crippen LogP contribution < -0.4 is 37.4 Å². The van der Waals surface area contributed by atoms with Gasteiger partial charge in [0.25, 0.3) is 5.91 Å². The van der Waals surface area contributed by atoms with Gasteiger partial charge >= 0.3 is 6.03 Å². The van der Waals surface area contributed by atoms with Crippen molar-refractivity contribution in [1.82, 2.24) is 37.4 Å². The first kappa shape index (κ1) is 44.8. The Morgan fingerprint density at radius 3 is 2.16 bits per heavy atom. The molecule has 0 radical (unpaired) electrons. The highest BCUT2D eigenvalue weighted by atomic mass is 32.2. The molecule has 6 amide bonds. The van der Waals surface area contributed by atoms with Crippen LogP contribution in [0.25, 0.3) is 0 Å². The fourth-order valence-electron chi connectivity index (χ4n) is 8.13. The summed E-state index contributed by atoms with van der Waals surface area (Å²) < 4.78 is 5.83. The van der Waals surface area contributed by atoms with Gasteiger partial charge in [-0.15, -0.1) is 0 Å². The zero-order valence-corrected chi connectivity index (χ0v) is 33.7. The van der Waals surface area contributed by atoms with Crippen molar-refractivity contribution in [3.05, 3.63) is 0 Å². The normalized spacial score (nSPS) is 26.7.